The van der Waals surface area contributed by atoms with Crippen LogP contribution in [-0.4, -0.2) is 28.2 Å². The van der Waals surface area contributed by atoms with E-state index < -0.39 is 22.3 Å². The number of aromatic nitrogens is 1. The van der Waals surface area contributed by atoms with Crippen molar-refractivity contribution in [3.8, 4) is 0 Å². The lowest BCUT2D eigenvalue weighted by molar-refractivity contribution is -0.0696. The van der Waals surface area contributed by atoms with E-state index in [1.54, 1.807) is 0 Å². The summed E-state index contributed by atoms with van der Waals surface area (Å²) >= 11 is 5.69. The zero-order chi connectivity index (χ0) is 13.9. The normalized spacial score (nSPS) is 18.9. The molecule has 0 bridgehead atoms. The summed E-state index contributed by atoms with van der Waals surface area (Å²) < 4.78 is 33.9. The maximum absolute atomic E-state index is 13.9. The summed E-state index contributed by atoms with van der Waals surface area (Å²) in [6.45, 7) is 2.55. The van der Waals surface area contributed by atoms with Gasteiger partial charge in [-0.1, -0.05) is 24.9 Å². The third-order valence-corrected chi connectivity index (χ3v) is 4.44. The second-order valence-electron chi connectivity index (χ2n) is 4.56. The lowest BCUT2D eigenvalue weighted by Crippen LogP contribution is -2.59. The van der Waals surface area contributed by atoms with E-state index in [-0.39, 0.29) is 23.9 Å². The standard InChI is InChI=1S/C12H16ClFN2O2S/c1-2-3-4-19(17)16-12(7-18-8-12)11-10(14)5-9(13)6-15-11/h5-6,16H,2-4,7-8H2,1H3. The Balaban J connectivity index is 2.16. The maximum atomic E-state index is 13.9. The summed E-state index contributed by atoms with van der Waals surface area (Å²) in [6.07, 6.45) is 3.20. The van der Waals surface area contributed by atoms with Gasteiger partial charge in [0, 0.05) is 11.9 Å². The number of nitrogens with one attached hydrogen (secondary N) is 1. The number of hydrogen-bond acceptors (Lipinski definition) is 3. The molecule has 0 aromatic carbocycles. The fraction of sp³-hybridized carbons (Fsp3) is 0.583. The number of rotatable bonds is 6. The van der Waals surface area contributed by atoms with Crippen LogP contribution >= 0.6 is 11.6 Å². The Morgan fingerprint density at radius 1 is 1.63 bits per heavy atom. The zero-order valence-electron chi connectivity index (χ0n) is 10.6. The molecule has 1 aromatic heterocycles. The highest BCUT2D eigenvalue weighted by Gasteiger charge is 2.45. The van der Waals surface area contributed by atoms with Crippen LogP contribution in [0.2, 0.25) is 5.02 Å². The zero-order valence-corrected chi connectivity index (χ0v) is 12.2. The molecule has 0 radical (unpaired) electrons. The average Bonchev–Trinajstić information content (AvgIpc) is 2.32. The Labute approximate surface area is 119 Å². The molecule has 1 aliphatic heterocycles. The highest BCUT2D eigenvalue weighted by atomic mass is 35.5. The fourth-order valence-corrected chi connectivity index (χ4v) is 3.31. The number of pyridine rings is 1. The van der Waals surface area contributed by atoms with Crippen LogP contribution in [0.15, 0.2) is 12.3 Å². The van der Waals surface area contributed by atoms with Gasteiger partial charge in [0.25, 0.3) is 0 Å². The number of unbranched alkanes of at least 4 members (excludes halogenated alkanes) is 1. The Morgan fingerprint density at radius 3 is 2.89 bits per heavy atom. The van der Waals surface area contributed by atoms with Gasteiger partial charge < -0.3 is 4.74 Å². The van der Waals surface area contributed by atoms with Crippen molar-refractivity contribution in [3.63, 3.8) is 0 Å². The highest BCUT2D eigenvalue weighted by Crippen LogP contribution is 2.31. The summed E-state index contributed by atoms with van der Waals surface area (Å²) in [5, 5.41) is 0.240. The number of hydrogen-bond donors (Lipinski definition) is 1. The molecule has 2 rings (SSSR count). The van der Waals surface area contributed by atoms with Gasteiger partial charge in [0.1, 0.15) is 17.1 Å². The van der Waals surface area contributed by atoms with Gasteiger partial charge in [-0.15, -0.1) is 0 Å². The number of nitrogens with zero attached hydrogens (tertiary/aromatic N) is 1. The molecule has 0 aliphatic carbocycles. The second kappa shape index (κ2) is 6.26. The first-order valence-electron chi connectivity index (χ1n) is 6.13. The van der Waals surface area contributed by atoms with Gasteiger partial charge in [0.2, 0.25) is 0 Å². The molecule has 1 N–H and O–H groups in total. The smallest absolute Gasteiger partial charge is 0.148 e. The quantitative estimate of drug-likeness (QED) is 0.876. The SMILES string of the molecule is CCCCS(=O)NC1(c2ncc(Cl)cc2F)COC1. The van der Waals surface area contributed by atoms with Gasteiger partial charge in [-0.05, 0) is 12.5 Å². The molecule has 19 heavy (non-hydrogen) atoms. The van der Waals surface area contributed by atoms with Gasteiger partial charge in [-0.3, -0.25) is 4.98 Å². The Kier molecular flexibility index (Phi) is 4.89. The summed E-state index contributed by atoms with van der Waals surface area (Å²) in [7, 11) is -1.22. The van der Waals surface area contributed by atoms with Crippen LogP contribution in [0, 0.1) is 5.82 Å². The van der Waals surface area contributed by atoms with Crippen molar-refractivity contribution in [2.45, 2.75) is 25.3 Å². The van der Waals surface area contributed by atoms with Crippen molar-refractivity contribution in [3.05, 3.63) is 28.8 Å². The van der Waals surface area contributed by atoms with Crippen LogP contribution in [0.1, 0.15) is 25.5 Å². The largest absolute Gasteiger partial charge is 0.377 e. The molecule has 1 atom stereocenters. The van der Waals surface area contributed by atoms with Crippen LogP contribution in [0.3, 0.4) is 0 Å². The van der Waals surface area contributed by atoms with Gasteiger partial charge in [-0.25, -0.2) is 13.3 Å². The van der Waals surface area contributed by atoms with E-state index in [1.807, 2.05) is 6.92 Å². The lowest BCUT2D eigenvalue weighted by Gasteiger charge is -2.41. The van der Waals surface area contributed by atoms with Gasteiger partial charge in [0.15, 0.2) is 0 Å². The summed E-state index contributed by atoms with van der Waals surface area (Å²) in [6, 6.07) is 1.21. The summed E-state index contributed by atoms with van der Waals surface area (Å²) in [5.41, 5.74) is -0.583. The summed E-state index contributed by atoms with van der Waals surface area (Å²) in [4.78, 5) is 4.02. The predicted octanol–water partition coefficient (Wildman–Crippen LogP) is 2.15. The first-order valence-corrected chi connectivity index (χ1v) is 7.82. The topological polar surface area (TPSA) is 51.2 Å². The van der Waals surface area contributed by atoms with E-state index in [0.29, 0.717) is 5.75 Å². The third-order valence-electron chi connectivity index (χ3n) is 2.95. The van der Waals surface area contributed by atoms with Crippen molar-refractivity contribution in [1.82, 2.24) is 9.71 Å². The van der Waals surface area contributed by atoms with E-state index in [1.165, 1.54) is 12.3 Å². The molecule has 0 saturated carbocycles. The van der Waals surface area contributed by atoms with Crippen molar-refractivity contribution in [1.29, 1.82) is 0 Å². The molecule has 1 aromatic rings. The minimum Gasteiger partial charge on any atom is -0.377 e. The van der Waals surface area contributed by atoms with Crippen LogP contribution in [0.25, 0.3) is 0 Å². The van der Waals surface area contributed by atoms with E-state index >= 15 is 0 Å². The van der Waals surface area contributed by atoms with Gasteiger partial charge in [-0.2, -0.15) is 0 Å². The maximum Gasteiger partial charge on any atom is 0.148 e. The second-order valence-corrected chi connectivity index (χ2v) is 6.30. The first-order chi connectivity index (χ1) is 9.07. The molecule has 4 nitrogen and oxygen atoms in total. The molecule has 1 aliphatic rings. The Morgan fingerprint density at radius 2 is 2.37 bits per heavy atom. The molecular weight excluding hydrogens is 291 g/mol. The summed E-state index contributed by atoms with van der Waals surface area (Å²) in [5.74, 6) is 0.0313. The van der Waals surface area contributed by atoms with E-state index in [2.05, 4.69) is 9.71 Å². The van der Waals surface area contributed by atoms with Crippen LogP contribution in [-0.2, 0) is 21.3 Å². The fourth-order valence-electron chi connectivity index (χ4n) is 1.86. The molecule has 106 valence electrons. The molecule has 0 spiro atoms. The lowest BCUT2D eigenvalue weighted by atomic mass is 9.93. The van der Waals surface area contributed by atoms with Crippen LogP contribution in [0.5, 0.6) is 0 Å². The van der Waals surface area contributed by atoms with Crippen molar-refractivity contribution < 1.29 is 13.3 Å². The van der Waals surface area contributed by atoms with E-state index in [4.69, 9.17) is 16.3 Å². The molecular formula is C12H16ClFN2O2S. The predicted molar refractivity (Wildman–Crippen MR) is 72.8 cm³/mol. The van der Waals surface area contributed by atoms with Crippen LogP contribution in [0.4, 0.5) is 4.39 Å². The minimum absolute atomic E-state index is 0.216. The Hall–Kier alpha value is -0.560. The molecule has 1 fully saturated rings. The first kappa shape index (κ1) is 14.8. The minimum atomic E-state index is -1.22. The third kappa shape index (κ3) is 3.31. The van der Waals surface area contributed by atoms with Crippen LogP contribution < -0.4 is 4.72 Å². The van der Waals surface area contributed by atoms with Crippen molar-refractivity contribution in [2.75, 3.05) is 19.0 Å². The van der Waals surface area contributed by atoms with E-state index in [0.717, 1.165) is 12.8 Å². The van der Waals surface area contributed by atoms with Crippen molar-refractivity contribution in [2.24, 2.45) is 0 Å². The molecule has 7 heteroatoms. The molecule has 1 unspecified atom stereocenters. The van der Waals surface area contributed by atoms with Gasteiger partial charge in [0.05, 0.1) is 29.2 Å². The molecule has 2 heterocycles. The molecule has 1 saturated heterocycles. The number of halogens is 2. The van der Waals surface area contributed by atoms with E-state index in [9.17, 15) is 8.60 Å². The van der Waals surface area contributed by atoms with Gasteiger partial charge >= 0.3 is 0 Å². The molecule has 0 amide bonds. The highest BCUT2D eigenvalue weighted by molar-refractivity contribution is 7.83. The van der Waals surface area contributed by atoms with Crippen molar-refractivity contribution >= 4 is 22.6 Å². The number of ether oxygens (including phenoxy) is 1. The monoisotopic (exact) mass is 306 g/mol. The Bertz CT molecular complexity index is 483. The average molecular weight is 307 g/mol.